The number of carboxylic acid groups (broad SMARTS) is 1. The Balaban J connectivity index is 2.02. The van der Waals surface area contributed by atoms with Gasteiger partial charge in [-0.2, -0.15) is 0 Å². The summed E-state index contributed by atoms with van der Waals surface area (Å²) in [6.07, 6.45) is 3.27. The van der Waals surface area contributed by atoms with Crippen molar-refractivity contribution in [2.24, 2.45) is 0 Å². The Morgan fingerprint density at radius 2 is 1.62 bits per heavy atom. The maximum Gasteiger partial charge on any atom is 0.335 e. The van der Waals surface area contributed by atoms with Crippen LogP contribution in [0.25, 0.3) is 11.8 Å². The van der Waals surface area contributed by atoms with Crippen molar-refractivity contribution in [2.45, 2.75) is 0 Å². The van der Waals surface area contributed by atoms with E-state index in [0.717, 1.165) is 0 Å². The molecule has 7 nitrogen and oxygen atoms in total. The summed E-state index contributed by atoms with van der Waals surface area (Å²) in [4.78, 5) is 38.3. The van der Waals surface area contributed by atoms with Crippen LogP contribution in [0.2, 0.25) is 0 Å². The van der Waals surface area contributed by atoms with Crippen molar-refractivity contribution in [2.75, 3.05) is 14.1 Å². The fourth-order valence-electron chi connectivity index (χ4n) is 2.63. The molecule has 1 fully saturated rings. The van der Waals surface area contributed by atoms with Crippen molar-refractivity contribution >= 4 is 41.2 Å². The molecule has 0 radical (unpaired) electrons. The zero-order chi connectivity index (χ0) is 19.0. The van der Waals surface area contributed by atoms with E-state index in [9.17, 15) is 14.4 Å². The molecule has 2 heterocycles. The summed E-state index contributed by atoms with van der Waals surface area (Å²) in [6, 6.07) is 9.82. The molecule has 0 bridgehead atoms. The first-order chi connectivity index (χ1) is 12.3. The zero-order valence-corrected chi connectivity index (χ0v) is 14.9. The molecule has 0 spiro atoms. The highest BCUT2D eigenvalue weighted by Crippen LogP contribution is 2.21. The Hall–Kier alpha value is -3.26. The molecule has 0 atom stereocenters. The van der Waals surface area contributed by atoms with E-state index in [1.165, 1.54) is 42.1 Å². The first kappa shape index (κ1) is 17.6. The lowest BCUT2D eigenvalue weighted by molar-refractivity contribution is -0.132. The summed E-state index contributed by atoms with van der Waals surface area (Å²) in [6.45, 7) is 0. The monoisotopic (exact) mass is 369 g/mol. The molecule has 2 amide bonds. The van der Waals surface area contributed by atoms with Crippen LogP contribution in [0, 0.1) is 0 Å². The van der Waals surface area contributed by atoms with Gasteiger partial charge in [-0.05, 0) is 54.7 Å². The highest BCUT2D eigenvalue weighted by Gasteiger charge is 2.35. The fraction of sp³-hybridized carbons (Fsp3) is 0.111. The Morgan fingerprint density at radius 1 is 1.04 bits per heavy atom. The molecule has 1 aliphatic rings. The number of amides is 2. The van der Waals surface area contributed by atoms with E-state index in [4.69, 9.17) is 17.3 Å². The molecule has 1 aliphatic heterocycles. The molecule has 26 heavy (non-hydrogen) atoms. The van der Waals surface area contributed by atoms with Crippen LogP contribution in [0.1, 0.15) is 16.1 Å². The van der Waals surface area contributed by atoms with Gasteiger partial charge in [-0.1, -0.05) is 0 Å². The highest BCUT2D eigenvalue weighted by molar-refractivity contribution is 7.80. The number of aromatic carboxylic acids is 1. The SMILES string of the molecule is CN1C(=O)C(=Cc2cccn2-c2ccc(C(=O)O)cc2)C(=O)N(C)C1=S. The highest BCUT2D eigenvalue weighted by atomic mass is 32.1. The van der Waals surface area contributed by atoms with Gasteiger partial charge in [0.1, 0.15) is 5.57 Å². The number of rotatable bonds is 3. The molecular formula is C18H15N3O4S. The van der Waals surface area contributed by atoms with Gasteiger partial charge >= 0.3 is 5.97 Å². The quantitative estimate of drug-likeness (QED) is 0.507. The molecule has 1 aromatic carbocycles. The number of aromatic nitrogens is 1. The lowest BCUT2D eigenvalue weighted by Crippen LogP contribution is -2.52. The van der Waals surface area contributed by atoms with E-state index in [1.807, 2.05) is 0 Å². The minimum Gasteiger partial charge on any atom is -0.478 e. The third kappa shape index (κ3) is 2.91. The minimum atomic E-state index is -1.01. The zero-order valence-electron chi connectivity index (χ0n) is 14.0. The number of nitrogens with zero attached hydrogens (tertiary/aromatic N) is 3. The standard InChI is InChI=1S/C18H15N3O4S/c1-19-15(22)14(16(23)20(2)18(19)26)10-13-4-3-9-21(13)12-7-5-11(6-8-12)17(24)25/h3-10H,1-2H3,(H,24,25). The predicted molar refractivity (Wildman–Crippen MR) is 98.8 cm³/mol. The van der Waals surface area contributed by atoms with Crippen molar-refractivity contribution in [3.05, 3.63) is 59.4 Å². The summed E-state index contributed by atoms with van der Waals surface area (Å²) in [7, 11) is 3.04. The Labute approximate surface area is 154 Å². The number of thiocarbonyl (C=S) groups is 1. The van der Waals surface area contributed by atoms with Gasteiger partial charge < -0.3 is 9.67 Å². The van der Waals surface area contributed by atoms with E-state index in [2.05, 4.69) is 0 Å². The Morgan fingerprint density at radius 3 is 2.15 bits per heavy atom. The number of carboxylic acids is 1. The van der Waals surface area contributed by atoms with Gasteiger partial charge in [-0.25, -0.2) is 4.79 Å². The van der Waals surface area contributed by atoms with Crippen molar-refractivity contribution in [3.8, 4) is 5.69 Å². The lowest BCUT2D eigenvalue weighted by atomic mass is 10.1. The van der Waals surface area contributed by atoms with Gasteiger partial charge in [0.05, 0.1) is 5.56 Å². The number of likely N-dealkylation sites (N-methyl/N-ethyl adjacent to an activating group) is 2. The molecule has 1 saturated heterocycles. The first-order valence-electron chi connectivity index (χ1n) is 7.64. The normalized spacial score (nSPS) is 14.8. The number of carbonyl (C=O) groups is 3. The molecule has 1 N–H and O–H groups in total. The number of carbonyl (C=O) groups excluding carboxylic acids is 2. The third-order valence-electron chi connectivity index (χ3n) is 4.11. The molecule has 1 aromatic heterocycles. The fourth-order valence-corrected chi connectivity index (χ4v) is 2.80. The van der Waals surface area contributed by atoms with Crippen LogP contribution < -0.4 is 0 Å². The lowest BCUT2D eigenvalue weighted by Gasteiger charge is -2.31. The predicted octanol–water partition coefficient (Wildman–Crippen LogP) is 1.77. The maximum atomic E-state index is 12.4. The van der Waals surface area contributed by atoms with E-state index in [-0.39, 0.29) is 16.2 Å². The topological polar surface area (TPSA) is 82.9 Å². The van der Waals surface area contributed by atoms with Gasteiger partial charge in [0.25, 0.3) is 11.8 Å². The van der Waals surface area contributed by atoms with Crippen LogP contribution in [0.3, 0.4) is 0 Å². The van der Waals surface area contributed by atoms with Crippen LogP contribution >= 0.6 is 12.2 Å². The Bertz CT molecular complexity index is 933. The van der Waals surface area contributed by atoms with Gasteiger partial charge in [-0.15, -0.1) is 0 Å². The molecule has 132 valence electrons. The van der Waals surface area contributed by atoms with Crippen LogP contribution in [-0.2, 0) is 9.59 Å². The second-order valence-electron chi connectivity index (χ2n) is 5.72. The molecule has 8 heteroatoms. The first-order valence-corrected chi connectivity index (χ1v) is 8.05. The summed E-state index contributed by atoms with van der Waals surface area (Å²) < 4.78 is 1.76. The van der Waals surface area contributed by atoms with Gasteiger partial charge in [0.2, 0.25) is 0 Å². The van der Waals surface area contributed by atoms with E-state index in [1.54, 1.807) is 35.0 Å². The smallest absolute Gasteiger partial charge is 0.335 e. The van der Waals surface area contributed by atoms with Crippen LogP contribution in [0.5, 0.6) is 0 Å². The summed E-state index contributed by atoms with van der Waals surface area (Å²) >= 11 is 5.07. The number of hydrogen-bond acceptors (Lipinski definition) is 4. The largest absolute Gasteiger partial charge is 0.478 e. The van der Waals surface area contributed by atoms with Gasteiger partial charge in [0.15, 0.2) is 5.11 Å². The van der Waals surface area contributed by atoms with E-state index >= 15 is 0 Å². The van der Waals surface area contributed by atoms with Gasteiger partial charge in [0, 0.05) is 31.7 Å². The number of hydrogen-bond donors (Lipinski definition) is 1. The molecule has 0 aliphatic carbocycles. The maximum absolute atomic E-state index is 12.4. The van der Waals surface area contributed by atoms with Crippen LogP contribution in [0.15, 0.2) is 48.2 Å². The van der Waals surface area contributed by atoms with Crippen LogP contribution in [0.4, 0.5) is 0 Å². The molecule has 0 saturated carbocycles. The minimum absolute atomic E-state index is 0.00528. The number of benzene rings is 1. The van der Waals surface area contributed by atoms with E-state index < -0.39 is 17.8 Å². The average Bonchev–Trinajstić information content (AvgIpc) is 3.10. The summed E-state index contributed by atoms with van der Waals surface area (Å²) in [5.74, 6) is -1.94. The Kier molecular flexibility index (Phi) is 4.43. The summed E-state index contributed by atoms with van der Waals surface area (Å²) in [5.41, 5.74) is 1.50. The van der Waals surface area contributed by atoms with E-state index in [0.29, 0.717) is 11.4 Å². The molecule has 0 unspecified atom stereocenters. The second-order valence-corrected chi connectivity index (χ2v) is 6.09. The van der Waals surface area contributed by atoms with Gasteiger partial charge in [-0.3, -0.25) is 19.4 Å². The molecular weight excluding hydrogens is 354 g/mol. The van der Waals surface area contributed by atoms with Crippen molar-refractivity contribution in [3.63, 3.8) is 0 Å². The van der Waals surface area contributed by atoms with Crippen molar-refractivity contribution < 1.29 is 19.5 Å². The van der Waals surface area contributed by atoms with Crippen LogP contribution in [-0.4, -0.2) is 56.5 Å². The van der Waals surface area contributed by atoms with Crippen molar-refractivity contribution in [1.82, 2.24) is 14.4 Å². The second kappa shape index (κ2) is 6.57. The van der Waals surface area contributed by atoms with Crippen molar-refractivity contribution in [1.29, 1.82) is 0 Å². The average molecular weight is 369 g/mol. The molecule has 2 aromatic rings. The summed E-state index contributed by atoms with van der Waals surface area (Å²) in [5, 5.41) is 9.15. The molecule has 3 rings (SSSR count). The third-order valence-corrected chi connectivity index (χ3v) is 4.66.